The Hall–Kier alpha value is -3.13. The zero-order chi connectivity index (χ0) is 19.5. The van der Waals surface area contributed by atoms with E-state index in [1.165, 1.54) is 12.4 Å². The summed E-state index contributed by atoms with van der Waals surface area (Å²) in [4.78, 5) is 22.6. The van der Waals surface area contributed by atoms with Gasteiger partial charge in [0, 0.05) is 18.5 Å². The fraction of sp³-hybridized carbons (Fsp3) is 0.263. The maximum absolute atomic E-state index is 12.8. The molecule has 0 unspecified atom stereocenters. The lowest BCUT2D eigenvalue weighted by molar-refractivity contribution is 0.0764. The number of nitrogens with zero attached hydrogens (tertiary/aromatic N) is 4. The zero-order valence-corrected chi connectivity index (χ0v) is 15.9. The summed E-state index contributed by atoms with van der Waals surface area (Å²) < 4.78 is 11.0. The maximum atomic E-state index is 12.8. The maximum Gasteiger partial charge on any atom is 0.316 e. The third kappa shape index (κ3) is 3.91. The summed E-state index contributed by atoms with van der Waals surface area (Å²) in [5.41, 5.74) is 1.99. The number of rotatable bonds is 5. The molecule has 1 amide bonds. The van der Waals surface area contributed by atoms with Crippen LogP contribution in [0.15, 0.2) is 42.7 Å². The van der Waals surface area contributed by atoms with Crippen LogP contribution >= 0.6 is 11.6 Å². The molecule has 8 nitrogen and oxygen atoms in total. The molecule has 0 radical (unpaired) electrons. The lowest BCUT2D eigenvalue weighted by atomic mass is 10.1. The van der Waals surface area contributed by atoms with Crippen molar-refractivity contribution in [1.29, 1.82) is 0 Å². The molecule has 144 valence electrons. The molecule has 1 aromatic carbocycles. The molecule has 9 heteroatoms. The summed E-state index contributed by atoms with van der Waals surface area (Å²) in [6.07, 6.45) is 3.50. The van der Waals surface area contributed by atoms with Crippen LogP contribution in [0.25, 0.3) is 11.3 Å². The highest BCUT2D eigenvalue weighted by Crippen LogP contribution is 2.24. The Morgan fingerprint density at radius 1 is 1.29 bits per heavy atom. The summed E-state index contributed by atoms with van der Waals surface area (Å²) in [6, 6.07) is 9.52. The molecule has 3 heterocycles. The molecule has 0 spiro atoms. The second-order valence-electron chi connectivity index (χ2n) is 6.36. The number of carbonyl (C=O) groups excluding carboxylic acids is 1. The predicted molar refractivity (Wildman–Crippen MR) is 103 cm³/mol. The minimum absolute atomic E-state index is 0.121. The smallest absolute Gasteiger partial charge is 0.316 e. The minimum atomic E-state index is -0.161. The van der Waals surface area contributed by atoms with E-state index in [0.29, 0.717) is 35.9 Å². The van der Waals surface area contributed by atoms with Crippen molar-refractivity contribution in [2.45, 2.75) is 12.5 Å². The van der Waals surface area contributed by atoms with E-state index in [1.54, 1.807) is 18.1 Å². The largest absolute Gasteiger partial charge is 0.497 e. The van der Waals surface area contributed by atoms with Crippen molar-refractivity contribution in [3.63, 3.8) is 0 Å². The molecule has 1 atom stereocenters. The number of methoxy groups -OCH3 is 1. The summed E-state index contributed by atoms with van der Waals surface area (Å²) >= 11 is 5.77. The lowest BCUT2D eigenvalue weighted by Crippen LogP contribution is -2.31. The van der Waals surface area contributed by atoms with Gasteiger partial charge in [-0.3, -0.25) is 9.89 Å². The third-order valence-corrected chi connectivity index (χ3v) is 4.67. The average Bonchev–Trinajstić information content (AvgIpc) is 3.39. The number of nitrogens with one attached hydrogen (secondary N) is 1. The molecule has 1 N–H and O–H groups in total. The van der Waals surface area contributed by atoms with E-state index in [1.807, 2.05) is 24.3 Å². The number of likely N-dealkylation sites (tertiary alicyclic amines) is 1. The van der Waals surface area contributed by atoms with Gasteiger partial charge in [0.15, 0.2) is 0 Å². The number of H-pyrrole nitrogens is 1. The van der Waals surface area contributed by atoms with Gasteiger partial charge in [0.05, 0.1) is 36.8 Å². The molecule has 0 saturated carbocycles. The highest BCUT2D eigenvalue weighted by molar-refractivity contribution is 6.30. The van der Waals surface area contributed by atoms with Gasteiger partial charge in [-0.1, -0.05) is 23.7 Å². The van der Waals surface area contributed by atoms with Gasteiger partial charge >= 0.3 is 6.01 Å². The van der Waals surface area contributed by atoms with Crippen LogP contribution in [-0.4, -0.2) is 57.3 Å². The monoisotopic (exact) mass is 399 g/mol. The Bertz CT molecular complexity index is 976. The van der Waals surface area contributed by atoms with E-state index in [4.69, 9.17) is 21.1 Å². The van der Waals surface area contributed by atoms with E-state index < -0.39 is 0 Å². The topological polar surface area (TPSA) is 93.2 Å². The Balaban J connectivity index is 1.41. The summed E-state index contributed by atoms with van der Waals surface area (Å²) in [7, 11) is 1.61. The first kappa shape index (κ1) is 18.2. The number of aromatic nitrogens is 4. The first-order valence-electron chi connectivity index (χ1n) is 8.75. The Morgan fingerprint density at radius 3 is 2.89 bits per heavy atom. The first-order valence-corrected chi connectivity index (χ1v) is 9.13. The van der Waals surface area contributed by atoms with Crippen molar-refractivity contribution in [2.24, 2.45) is 0 Å². The molecule has 1 aliphatic heterocycles. The Kier molecular flexibility index (Phi) is 5.12. The normalized spacial score (nSPS) is 16.2. The van der Waals surface area contributed by atoms with Crippen molar-refractivity contribution < 1.29 is 14.3 Å². The molecule has 3 aromatic rings. The Labute approximate surface area is 166 Å². The molecule has 1 aliphatic rings. The predicted octanol–water partition coefficient (Wildman–Crippen LogP) is 2.82. The van der Waals surface area contributed by atoms with Crippen LogP contribution in [0.1, 0.15) is 16.9 Å². The van der Waals surface area contributed by atoms with E-state index in [9.17, 15) is 4.79 Å². The van der Waals surface area contributed by atoms with Crippen molar-refractivity contribution in [3.8, 4) is 23.0 Å². The number of halogens is 1. The minimum Gasteiger partial charge on any atom is -0.497 e. The number of ether oxygens (including phenoxy) is 2. The van der Waals surface area contributed by atoms with Crippen LogP contribution < -0.4 is 9.47 Å². The van der Waals surface area contributed by atoms with Gasteiger partial charge in [0.2, 0.25) is 0 Å². The average molecular weight is 400 g/mol. The van der Waals surface area contributed by atoms with Crippen molar-refractivity contribution in [2.75, 3.05) is 20.2 Å². The SMILES string of the molecule is COc1cccc(-c2cc(C(=O)N3CC[C@H](Oc4ncc(Cl)cn4)C3)[nH]n2)c1. The quantitative estimate of drug-likeness (QED) is 0.709. The number of hydrogen-bond acceptors (Lipinski definition) is 6. The molecule has 0 bridgehead atoms. The van der Waals surface area contributed by atoms with E-state index in [0.717, 1.165) is 11.3 Å². The van der Waals surface area contributed by atoms with E-state index in [2.05, 4.69) is 20.2 Å². The zero-order valence-electron chi connectivity index (χ0n) is 15.1. The Morgan fingerprint density at radius 2 is 2.11 bits per heavy atom. The van der Waals surface area contributed by atoms with E-state index >= 15 is 0 Å². The van der Waals surface area contributed by atoms with Crippen molar-refractivity contribution in [1.82, 2.24) is 25.1 Å². The molecule has 28 heavy (non-hydrogen) atoms. The van der Waals surface area contributed by atoms with Crippen LogP contribution in [0.4, 0.5) is 0 Å². The van der Waals surface area contributed by atoms with Gasteiger partial charge in [-0.15, -0.1) is 0 Å². The van der Waals surface area contributed by atoms with E-state index in [-0.39, 0.29) is 18.0 Å². The van der Waals surface area contributed by atoms with Crippen LogP contribution in [0.3, 0.4) is 0 Å². The molecule has 1 fully saturated rings. The molecular formula is C19H18ClN5O3. The number of benzene rings is 1. The standard InChI is InChI=1S/C19H18ClN5O3/c1-27-14-4-2-3-12(7-14)16-8-17(24-23-16)18(26)25-6-5-15(11-25)28-19-21-9-13(20)10-22-19/h2-4,7-10,15H,5-6,11H2,1H3,(H,23,24)/t15-/m0/s1. The number of carbonyl (C=O) groups is 1. The van der Waals surface area contributed by atoms with Gasteiger partial charge in [-0.25, -0.2) is 9.97 Å². The number of hydrogen-bond donors (Lipinski definition) is 1. The fourth-order valence-corrected chi connectivity index (χ4v) is 3.15. The molecule has 4 rings (SSSR count). The van der Waals surface area contributed by atoms with Gasteiger partial charge < -0.3 is 14.4 Å². The molecule has 2 aromatic heterocycles. The number of amides is 1. The van der Waals surface area contributed by atoms with Crippen molar-refractivity contribution >= 4 is 17.5 Å². The fourth-order valence-electron chi connectivity index (χ4n) is 3.05. The van der Waals surface area contributed by atoms with Crippen LogP contribution in [0, 0.1) is 0 Å². The van der Waals surface area contributed by atoms with Gasteiger partial charge in [0.1, 0.15) is 17.5 Å². The van der Waals surface area contributed by atoms with Crippen molar-refractivity contribution in [3.05, 3.63) is 53.4 Å². The lowest BCUT2D eigenvalue weighted by Gasteiger charge is -2.15. The summed E-state index contributed by atoms with van der Waals surface area (Å²) in [6.45, 7) is 1.04. The molecular weight excluding hydrogens is 382 g/mol. The highest BCUT2D eigenvalue weighted by atomic mass is 35.5. The molecule has 0 aliphatic carbocycles. The van der Waals surface area contributed by atoms with Gasteiger partial charge in [0.25, 0.3) is 5.91 Å². The molecule has 1 saturated heterocycles. The van der Waals surface area contributed by atoms with Crippen LogP contribution in [-0.2, 0) is 0 Å². The number of aromatic amines is 1. The summed E-state index contributed by atoms with van der Waals surface area (Å²) in [5.74, 6) is 0.613. The second-order valence-corrected chi connectivity index (χ2v) is 6.80. The second kappa shape index (κ2) is 7.85. The summed E-state index contributed by atoms with van der Waals surface area (Å²) in [5, 5.41) is 7.53. The van der Waals surface area contributed by atoms with Gasteiger partial charge in [-0.05, 0) is 18.2 Å². The van der Waals surface area contributed by atoms with Crippen LogP contribution in [0.2, 0.25) is 5.02 Å². The third-order valence-electron chi connectivity index (χ3n) is 4.47. The van der Waals surface area contributed by atoms with Crippen LogP contribution in [0.5, 0.6) is 11.8 Å². The first-order chi connectivity index (χ1) is 13.6. The highest BCUT2D eigenvalue weighted by Gasteiger charge is 2.29. The van der Waals surface area contributed by atoms with Gasteiger partial charge in [-0.2, -0.15) is 5.10 Å².